The van der Waals surface area contributed by atoms with Crippen LogP contribution in [0.25, 0.3) is 0 Å². The van der Waals surface area contributed by atoms with Crippen LogP contribution in [-0.4, -0.2) is 33.8 Å². The fraction of sp³-hybridized carbons (Fsp3) is 0.429. The predicted molar refractivity (Wildman–Crippen MR) is 77.3 cm³/mol. The van der Waals surface area contributed by atoms with Crippen molar-refractivity contribution in [2.45, 2.75) is 30.7 Å². The number of benzene rings is 1. The zero-order chi connectivity index (χ0) is 14.3. The molecule has 0 fully saturated rings. The second-order valence-corrected chi connectivity index (χ2v) is 6.63. The summed E-state index contributed by atoms with van der Waals surface area (Å²) in [7, 11) is -1.06. The number of nitrogens with zero attached hydrogens (tertiary/aromatic N) is 2. The van der Waals surface area contributed by atoms with Crippen molar-refractivity contribution < 1.29 is 13.7 Å². The Morgan fingerprint density at radius 3 is 3.00 bits per heavy atom. The molecule has 2 atom stereocenters. The van der Waals surface area contributed by atoms with Crippen molar-refractivity contribution in [1.29, 1.82) is 0 Å². The lowest BCUT2D eigenvalue weighted by molar-refractivity contribution is -0.135. The molecule has 0 bridgehead atoms. The lowest BCUT2D eigenvalue weighted by atomic mass is 9.97. The number of fused-ring (bicyclic) bond motifs is 3. The van der Waals surface area contributed by atoms with Crippen LogP contribution in [0, 0.1) is 0 Å². The number of hydrazone groups is 1. The Morgan fingerprint density at radius 2 is 2.25 bits per heavy atom. The third kappa shape index (κ3) is 1.95. The minimum atomic E-state index is -1.06. The molecule has 5 nitrogen and oxygen atoms in total. The molecule has 2 aliphatic heterocycles. The highest BCUT2D eigenvalue weighted by Crippen LogP contribution is 2.41. The first-order valence-corrected chi connectivity index (χ1v) is 7.89. The molecule has 0 spiro atoms. The number of carbonyl (C=O) groups excluding carboxylic acids is 1. The number of anilines is 1. The van der Waals surface area contributed by atoms with E-state index in [2.05, 4.69) is 5.10 Å². The third-order valence-electron chi connectivity index (χ3n) is 3.57. The maximum absolute atomic E-state index is 12.4. The maximum Gasteiger partial charge on any atom is 0.354 e. The van der Waals surface area contributed by atoms with Crippen molar-refractivity contribution in [3.63, 3.8) is 0 Å². The molecule has 0 saturated carbocycles. The van der Waals surface area contributed by atoms with Gasteiger partial charge in [-0.25, -0.2) is 4.79 Å². The van der Waals surface area contributed by atoms with Gasteiger partial charge in [0.1, 0.15) is 5.71 Å². The van der Waals surface area contributed by atoms with Crippen molar-refractivity contribution in [3.8, 4) is 0 Å². The van der Waals surface area contributed by atoms with Gasteiger partial charge in [0.05, 0.1) is 39.3 Å². The van der Waals surface area contributed by atoms with E-state index >= 15 is 0 Å². The SMILES string of the molecule is CCOC(=O)C1=NN2c3ccccc3S(=O)C[C@@]2(C)C1. The molecule has 0 radical (unpaired) electrons. The number of ether oxygens (including phenoxy) is 1. The van der Waals surface area contributed by atoms with Gasteiger partial charge in [-0.05, 0) is 26.0 Å². The van der Waals surface area contributed by atoms with E-state index < -0.39 is 16.3 Å². The zero-order valence-electron chi connectivity index (χ0n) is 11.5. The van der Waals surface area contributed by atoms with Crippen LogP contribution in [0.1, 0.15) is 20.3 Å². The van der Waals surface area contributed by atoms with Crippen LogP contribution < -0.4 is 5.01 Å². The van der Waals surface area contributed by atoms with Gasteiger partial charge in [-0.15, -0.1) is 0 Å². The van der Waals surface area contributed by atoms with Gasteiger partial charge >= 0.3 is 5.97 Å². The molecular weight excluding hydrogens is 276 g/mol. The van der Waals surface area contributed by atoms with Crippen LogP contribution in [0.3, 0.4) is 0 Å². The Morgan fingerprint density at radius 1 is 1.50 bits per heavy atom. The van der Waals surface area contributed by atoms with E-state index in [1.165, 1.54) is 0 Å². The Hall–Kier alpha value is -1.69. The van der Waals surface area contributed by atoms with Crippen LogP contribution in [0.2, 0.25) is 0 Å². The average molecular weight is 292 g/mol. The minimum absolute atomic E-state index is 0.330. The first kappa shape index (κ1) is 13.3. The van der Waals surface area contributed by atoms with Crippen molar-refractivity contribution in [1.82, 2.24) is 0 Å². The largest absolute Gasteiger partial charge is 0.461 e. The van der Waals surface area contributed by atoms with E-state index in [1.54, 1.807) is 6.92 Å². The molecule has 1 aromatic carbocycles. The van der Waals surface area contributed by atoms with Crippen molar-refractivity contribution >= 4 is 28.2 Å². The molecule has 1 aromatic rings. The van der Waals surface area contributed by atoms with Crippen molar-refractivity contribution in [2.75, 3.05) is 17.4 Å². The Labute approximate surface area is 120 Å². The highest BCUT2D eigenvalue weighted by Gasteiger charge is 2.47. The lowest BCUT2D eigenvalue weighted by Crippen LogP contribution is -2.48. The smallest absolute Gasteiger partial charge is 0.354 e. The number of carbonyl (C=O) groups is 1. The predicted octanol–water partition coefficient (Wildman–Crippen LogP) is 1.70. The summed E-state index contributed by atoms with van der Waals surface area (Å²) in [6.07, 6.45) is 0.464. The molecule has 106 valence electrons. The zero-order valence-corrected chi connectivity index (χ0v) is 12.3. The van der Waals surface area contributed by atoms with Crippen LogP contribution in [-0.2, 0) is 20.3 Å². The first-order chi connectivity index (χ1) is 9.55. The number of rotatable bonds is 2. The van der Waals surface area contributed by atoms with Gasteiger partial charge in [0.2, 0.25) is 0 Å². The average Bonchev–Trinajstić information content (AvgIpc) is 2.77. The van der Waals surface area contributed by atoms with E-state index in [-0.39, 0.29) is 5.97 Å². The van der Waals surface area contributed by atoms with Gasteiger partial charge in [-0.3, -0.25) is 9.22 Å². The quantitative estimate of drug-likeness (QED) is 0.778. The summed E-state index contributed by atoms with van der Waals surface area (Å²) in [5.41, 5.74) is 0.809. The van der Waals surface area contributed by atoms with Gasteiger partial charge in [-0.2, -0.15) is 5.10 Å². The molecule has 2 aliphatic rings. The monoisotopic (exact) mass is 292 g/mol. The second-order valence-electron chi connectivity index (χ2n) is 5.21. The first-order valence-electron chi connectivity index (χ1n) is 6.57. The van der Waals surface area contributed by atoms with Crippen LogP contribution in [0.15, 0.2) is 34.3 Å². The fourth-order valence-electron chi connectivity index (χ4n) is 2.68. The van der Waals surface area contributed by atoms with Gasteiger partial charge < -0.3 is 4.74 Å². The Balaban J connectivity index is 2.02. The van der Waals surface area contributed by atoms with Crippen LogP contribution in [0.5, 0.6) is 0 Å². The molecule has 0 amide bonds. The summed E-state index contributed by atoms with van der Waals surface area (Å²) < 4.78 is 17.4. The molecule has 0 aliphatic carbocycles. The lowest BCUT2D eigenvalue weighted by Gasteiger charge is -2.38. The topological polar surface area (TPSA) is 59.0 Å². The summed E-state index contributed by atoms with van der Waals surface area (Å²) in [5, 5.41) is 6.25. The molecule has 1 unspecified atom stereocenters. The van der Waals surface area contributed by atoms with Crippen molar-refractivity contribution in [3.05, 3.63) is 24.3 Å². The molecular formula is C14H16N2O3S. The van der Waals surface area contributed by atoms with E-state index in [1.807, 2.05) is 36.2 Å². The molecule has 2 heterocycles. The van der Waals surface area contributed by atoms with Gasteiger partial charge in [-0.1, -0.05) is 12.1 Å². The second kappa shape index (κ2) is 4.70. The Kier molecular flexibility index (Phi) is 3.12. The van der Waals surface area contributed by atoms with Gasteiger partial charge in [0.25, 0.3) is 0 Å². The third-order valence-corrected chi connectivity index (χ3v) is 5.29. The van der Waals surface area contributed by atoms with E-state index in [9.17, 15) is 9.00 Å². The van der Waals surface area contributed by atoms with Gasteiger partial charge in [0, 0.05) is 6.42 Å². The minimum Gasteiger partial charge on any atom is -0.461 e. The van der Waals surface area contributed by atoms with E-state index in [0.29, 0.717) is 24.5 Å². The van der Waals surface area contributed by atoms with E-state index in [0.717, 1.165) is 10.6 Å². The van der Waals surface area contributed by atoms with Gasteiger partial charge in [0.15, 0.2) is 0 Å². The highest BCUT2D eigenvalue weighted by molar-refractivity contribution is 7.85. The summed E-state index contributed by atoms with van der Waals surface area (Å²) in [6.45, 7) is 4.08. The molecule has 0 aromatic heterocycles. The summed E-state index contributed by atoms with van der Waals surface area (Å²) >= 11 is 0. The maximum atomic E-state index is 12.4. The standard InChI is InChI=1S/C14H16N2O3S/c1-3-19-13(17)10-8-14(2)9-20(18)12-7-5-4-6-11(12)16(14)15-10/h4-7H,3,8-9H2,1-2H3/t14-,20?/m1/s1. The summed E-state index contributed by atoms with van der Waals surface area (Å²) in [5.74, 6) is 0.0857. The molecule has 3 rings (SSSR count). The molecule has 20 heavy (non-hydrogen) atoms. The summed E-state index contributed by atoms with van der Waals surface area (Å²) in [6, 6.07) is 7.50. The summed E-state index contributed by atoms with van der Waals surface area (Å²) in [4.78, 5) is 12.6. The highest BCUT2D eigenvalue weighted by atomic mass is 32.2. The molecule has 0 N–H and O–H groups in total. The van der Waals surface area contributed by atoms with Crippen LogP contribution >= 0.6 is 0 Å². The molecule has 6 heteroatoms. The van der Waals surface area contributed by atoms with Crippen molar-refractivity contribution in [2.24, 2.45) is 5.10 Å². The number of hydrogen-bond donors (Lipinski definition) is 0. The molecule has 0 saturated heterocycles. The van der Waals surface area contributed by atoms with Crippen LogP contribution in [0.4, 0.5) is 5.69 Å². The normalized spacial score (nSPS) is 27.6. The number of para-hydroxylation sites is 1. The van der Waals surface area contributed by atoms with E-state index in [4.69, 9.17) is 4.74 Å². The Bertz CT molecular complexity index is 629. The number of esters is 1. The number of hydrogen-bond acceptors (Lipinski definition) is 5. The fourth-order valence-corrected chi connectivity index (χ4v) is 4.24.